The summed E-state index contributed by atoms with van der Waals surface area (Å²) in [5.74, 6) is 0.322. The van der Waals surface area contributed by atoms with Crippen LogP contribution < -0.4 is 4.74 Å². The fourth-order valence-corrected chi connectivity index (χ4v) is 2.51. The van der Waals surface area contributed by atoms with E-state index in [1.165, 1.54) is 17.0 Å². The number of hydrogen-bond acceptors (Lipinski definition) is 2. The molecule has 112 valence electrons. The molecule has 0 aliphatic carbocycles. The highest BCUT2D eigenvalue weighted by molar-refractivity contribution is 5.72. The van der Waals surface area contributed by atoms with E-state index in [-0.39, 0.29) is 11.7 Å². The van der Waals surface area contributed by atoms with Crippen LogP contribution in [0, 0.1) is 5.82 Å². The van der Waals surface area contributed by atoms with Crippen LogP contribution in [0.1, 0.15) is 17.9 Å². The number of nitrogens with zero attached hydrogens (tertiary/aromatic N) is 1. The smallest absolute Gasteiger partial charge is 0.410 e. The van der Waals surface area contributed by atoms with E-state index < -0.39 is 6.09 Å². The largest absolute Gasteiger partial charge is 0.419 e. The Kier molecular flexibility index (Phi) is 4.19. The normalized spacial score (nSPS) is 17.3. The second-order valence-electron chi connectivity index (χ2n) is 5.21. The first-order chi connectivity index (χ1) is 10.7. The van der Waals surface area contributed by atoms with E-state index in [9.17, 15) is 9.18 Å². The van der Waals surface area contributed by atoms with E-state index in [1.54, 1.807) is 24.4 Å². The van der Waals surface area contributed by atoms with Gasteiger partial charge in [0.1, 0.15) is 11.6 Å². The molecule has 1 amide bonds. The number of halogens is 1. The number of carbonyl (C=O) groups excluding carboxylic acids is 1. The molecule has 1 heterocycles. The molecule has 2 aromatic rings. The Balaban J connectivity index is 1.69. The minimum absolute atomic E-state index is 0.0732. The summed E-state index contributed by atoms with van der Waals surface area (Å²) in [6.45, 7) is 0.478. The van der Waals surface area contributed by atoms with Crippen LogP contribution in [0.15, 0.2) is 66.9 Å². The van der Waals surface area contributed by atoms with E-state index in [0.717, 1.165) is 12.0 Å². The van der Waals surface area contributed by atoms with Gasteiger partial charge < -0.3 is 4.74 Å². The van der Waals surface area contributed by atoms with E-state index in [2.05, 4.69) is 0 Å². The molecule has 1 atom stereocenters. The van der Waals surface area contributed by atoms with Crippen LogP contribution in [0.4, 0.5) is 9.18 Å². The summed E-state index contributed by atoms with van der Waals surface area (Å²) in [6, 6.07) is 15.5. The maximum absolute atomic E-state index is 13.3. The van der Waals surface area contributed by atoms with E-state index in [1.807, 2.05) is 30.3 Å². The summed E-state index contributed by atoms with van der Waals surface area (Å²) >= 11 is 0. The number of allylic oxidation sites excluding steroid dienone is 1. The number of rotatable bonds is 2. The molecule has 0 N–H and O–H groups in total. The van der Waals surface area contributed by atoms with Crippen molar-refractivity contribution in [1.29, 1.82) is 0 Å². The number of benzene rings is 2. The monoisotopic (exact) mass is 297 g/mol. The van der Waals surface area contributed by atoms with Crippen LogP contribution in [-0.4, -0.2) is 17.5 Å². The van der Waals surface area contributed by atoms with E-state index in [0.29, 0.717) is 12.3 Å². The van der Waals surface area contributed by atoms with Crippen molar-refractivity contribution < 1.29 is 13.9 Å². The molecule has 22 heavy (non-hydrogen) atoms. The van der Waals surface area contributed by atoms with Gasteiger partial charge >= 0.3 is 6.09 Å². The van der Waals surface area contributed by atoms with Crippen molar-refractivity contribution in [2.75, 3.05) is 6.54 Å². The molecule has 3 nitrogen and oxygen atoms in total. The molecule has 0 saturated carbocycles. The van der Waals surface area contributed by atoms with Crippen LogP contribution >= 0.6 is 0 Å². The number of para-hydroxylation sites is 1. The summed E-state index contributed by atoms with van der Waals surface area (Å²) in [7, 11) is 0. The van der Waals surface area contributed by atoms with Gasteiger partial charge in [0.05, 0.1) is 0 Å². The predicted molar refractivity (Wildman–Crippen MR) is 82.1 cm³/mol. The first-order valence-electron chi connectivity index (χ1n) is 7.18. The molecule has 1 aliphatic heterocycles. The standard InChI is InChI=1S/C18H16FNO2/c19-16-8-4-6-14(12-16)15-7-5-11-20(13-15)18(21)22-17-9-2-1-3-10-17/h1-6,8-12,15H,7,13H2/t15-/m1/s1. The van der Waals surface area contributed by atoms with Gasteiger partial charge in [-0.3, -0.25) is 4.90 Å². The number of carbonyl (C=O) groups is 1. The lowest BCUT2D eigenvalue weighted by Gasteiger charge is -2.27. The Labute approximate surface area is 128 Å². The third kappa shape index (κ3) is 3.34. The zero-order valence-electron chi connectivity index (χ0n) is 12.0. The molecule has 0 unspecified atom stereocenters. The first-order valence-corrected chi connectivity index (χ1v) is 7.18. The molecule has 0 radical (unpaired) electrons. The van der Waals surface area contributed by atoms with E-state index >= 15 is 0 Å². The maximum Gasteiger partial charge on any atom is 0.419 e. The Morgan fingerprint density at radius 2 is 1.95 bits per heavy atom. The Hall–Kier alpha value is -2.62. The highest BCUT2D eigenvalue weighted by atomic mass is 19.1. The molecular weight excluding hydrogens is 281 g/mol. The van der Waals surface area contributed by atoms with Gasteiger partial charge in [-0.05, 0) is 36.2 Å². The van der Waals surface area contributed by atoms with Gasteiger partial charge in [-0.15, -0.1) is 0 Å². The third-order valence-corrected chi connectivity index (χ3v) is 3.63. The van der Waals surface area contributed by atoms with Crippen molar-refractivity contribution in [3.8, 4) is 5.75 Å². The van der Waals surface area contributed by atoms with Gasteiger partial charge in [0, 0.05) is 18.7 Å². The summed E-state index contributed by atoms with van der Waals surface area (Å²) in [4.78, 5) is 13.7. The average molecular weight is 297 g/mol. The minimum Gasteiger partial charge on any atom is -0.410 e. The van der Waals surface area contributed by atoms with Gasteiger partial charge in [0.2, 0.25) is 0 Å². The lowest BCUT2D eigenvalue weighted by Crippen LogP contribution is -2.34. The molecule has 0 aromatic heterocycles. The molecule has 4 heteroatoms. The van der Waals surface area contributed by atoms with Crippen molar-refractivity contribution in [3.05, 3.63) is 78.3 Å². The van der Waals surface area contributed by atoms with Gasteiger partial charge in [-0.25, -0.2) is 9.18 Å². The van der Waals surface area contributed by atoms with Gasteiger partial charge in [0.25, 0.3) is 0 Å². The molecule has 2 aromatic carbocycles. The quantitative estimate of drug-likeness (QED) is 0.826. The van der Waals surface area contributed by atoms with Crippen LogP contribution in [0.25, 0.3) is 0 Å². The lowest BCUT2D eigenvalue weighted by molar-refractivity contribution is 0.165. The van der Waals surface area contributed by atoms with Gasteiger partial charge in [0.15, 0.2) is 0 Å². The fourth-order valence-electron chi connectivity index (χ4n) is 2.51. The summed E-state index contributed by atoms with van der Waals surface area (Å²) in [5.41, 5.74) is 0.891. The number of amides is 1. The van der Waals surface area contributed by atoms with Crippen LogP contribution in [0.3, 0.4) is 0 Å². The SMILES string of the molecule is O=C(Oc1ccccc1)N1C=CC[C@@H](c2cccc(F)c2)C1. The molecular formula is C18H16FNO2. The predicted octanol–water partition coefficient (Wildman–Crippen LogP) is 4.33. The average Bonchev–Trinajstić information content (AvgIpc) is 2.56. The molecule has 0 fully saturated rings. The third-order valence-electron chi connectivity index (χ3n) is 3.63. The van der Waals surface area contributed by atoms with Crippen molar-refractivity contribution in [2.24, 2.45) is 0 Å². The first kappa shape index (κ1) is 14.3. The molecule has 3 rings (SSSR count). The second-order valence-corrected chi connectivity index (χ2v) is 5.21. The zero-order chi connectivity index (χ0) is 15.4. The highest BCUT2D eigenvalue weighted by Crippen LogP contribution is 2.26. The molecule has 0 saturated heterocycles. The highest BCUT2D eigenvalue weighted by Gasteiger charge is 2.23. The van der Waals surface area contributed by atoms with Crippen LogP contribution in [0.2, 0.25) is 0 Å². The maximum atomic E-state index is 13.3. The van der Waals surface area contributed by atoms with Crippen molar-refractivity contribution >= 4 is 6.09 Å². The minimum atomic E-state index is -0.427. The van der Waals surface area contributed by atoms with Crippen LogP contribution in [0.5, 0.6) is 5.75 Å². The Morgan fingerprint density at radius 1 is 1.14 bits per heavy atom. The zero-order valence-corrected chi connectivity index (χ0v) is 12.0. The lowest BCUT2D eigenvalue weighted by atomic mass is 9.93. The summed E-state index contributed by atoms with van der Waals surface area (Å²) in [6.07, 6.45) is 3.98. The second kappa shape index (κ2) is 6.43. The van der Waals surface area contributed by atoms with Gasteiger partial charge in [-0.1, -0.05) is 36.4 Å². The van der Waals surface area contributed by atoms with Crippen molar-refractivity contribution in [1.82, 2.24) is 4.90 Å². The molecule has 1 aliphatic rings. The van der Waals surface area contributed by atoms with Crippen molar-refractivity contribution in [3.63, 3.8) is 0 Å². The topological polar surface area (TPSA) is 29.5 Å². The molecule has 0 spiro atoms. The summed E-state index contributed by atoms with van der Waals surface area (Å²) in [5, 5.41) is 0. The Bertz CT molecular complexity index is 684. The van der Waals surface area contributed by atoms with Crippen LogP contribution in [-0.2, 0) is 0 Å². The Morgan fingerprint density at radius 3 is 2.73 bits per heavy atom. The number of ether oxygens (including phenoxy) is 1. The van der Waals surface area contributed by atoms with E-state index in [4.69, 9.17) is 4.74 Å². The van der Waals surface area contributed by atoms with Gasteiger partial charge in [-0.2, -0.15) is 0 Å². The van der Waals surface area contributed by atoms with Crippen molar-refractivity contribution in [2.45, 2.75) is 12.3 Å². The number of hydrogen-bond donors (Lipinski definition) is 0. The molecule has 0 bridgehead atoms. The fraction of sp³-hybridized carbons (Fsp3) is 0.167. The summed E-state index contributed by atoms with van der Waals surface area (Å²) < 4.78 is 18.7.